The fraction of sp³-hybridized carbons (Fsp3) is 0.667. The number of ether oxygens (including phenoxy) is 1. The summed E-state index contributed by atoms with van der Waals surface area (Å²) in [7, 11) is 3.78. The first kappa shape index (κ1) is 12.6. The molecule has 0 radical (unpaired) electrons. The van der Waals surface area contributed by atoms with Crippen molar-refractivity contribution in [3.8, 4) is 0 Å². The van der Waals surface area contributed by atoms with Gasteiger partial charge in [-0.05, 0) is 0 Å². The van der Waals surface area contributed by atoms with Gasteiger partial charge in [0.25, 0.3) is 0 Å². The van der Waals surface area contributed by atoms with Gasteiger partial charge in [0.2, 0.25) is 0 Å². The van der Waals surface area contributed by atoms with Crippen molar-refractivity contribution in [1.82, 2.24) is 0 Å². The van der Waals surface area contributed by atoms with Crippen molar-refractivity contribution in [3.05, 3.63) is 0 Å². The van der Waals surface area contributed by atoms with E-state index in [1.807, 2.05) is 0 Å². The van der Waals surface area contributed by atoms with Gasteiger partial charge >= 0.3 is 11.9 Å². The Hall–Kier alpha value is -0.400. The van der Waals surface area contributed by atoms with Crippen LogP contribution < -0.4 is 5.73 Å². The average molecular weight is 225 g/mol. The largest absolute Gasteiger partial charge is 0.480 e. The Morgan fingerprint density at radius 2 is 2.15 bits per heavy atom. The second kappa shape index (κ2) is 7.05. The van der Waals surface area contributed by atoms with E-state index in [0.29, 0.717) is 0 Å². The van der Waals surface area contributed by atoms with E-state index in [9.17, 15) is 9.59 Å². The van der Waals surface area contributed by atoms with E-state index >= 15 is 0 Å². The average Bonchev–Trinajstić information content (AvgIpc) is 2.11. The lowest BCUT2D eigenvalue weighted by Gasteiger charge is -2.04. The summed E-state index contributed by atoms with van der Waals surface area (Å²) in [6.45, 7) is 0. The number of rotatable bonds is 6. The van der Waals surface area contributed by atoms with E-state index in [4.69, 9.17) is 10.8 Å². The van der Waals surface area contributed by atoms with Crippen LogP contribution in [0, 0.1) is 0 Å². The molecule has 0 heterocycles. The third kappa shape index (κ3) is 6.73. The summed E-state index contributed by atoms with van der Waals surface area (Å²) in [6.07, 6.45) is 0. The highest BCUT2D eigenvalue weighted by Gasteiger charge is 2.11. The summed E-state index contributed by atoms with van der Waals surface area (Å²) >= 11 is 0. The second-order valence-electron chi connectivity index (χ2n) is 2.07. The molecule has 7 heteroatoms. The first-order valence-electron chi connectivity index (χ1n) is 3.37. The van der Waals surface area contributed by atoms with E-state index in [1.54, 1.807) is 0 Å². The lowest BCUT2D eigenvalue weighted by molar-refractivity contribution is -0.138. The number of carboxylic acids is 1. The molecular formula is C6H11NO4S2. The van der Waals surface area contributed by atoms with Crippen molar-refractivity contribution >= 4 is 33.5 Å². The minimum absolute atomic E-state index is 0.202. The van der Waals surface area contributed by atoms with E-state index < -0.39 is 12.0 Å². The normalized spacial score (nSPS) is 12.2. The number of methoxy groups -OCH3 is 1. The molecule has 0 unspecified atom stereocenters. The minimum Gasteiger partial charge on any atom is -0.480 e. The number of carbonyl (C=O) groups excluding carboxylic acids is 1. The molecule has 76 valence electrons. The predicted octanol–water partition coefficient (Wildman–Crippen LogP) is -0.0473. The molecule has 0 rings (SSSR count). The van der Waals surface area contributed by atoms with Gasteiger partial charge in [0.1, 0.15) is 11.8 Å². The monoisotopic (exact) mass is 225 g/mol. The van der Waals surface area contributed by atoms with Gasteiger partial charge in [-0.1, -0.05) is 21.6 Å². The number of carboxylic acid groups (broad SMARTS) is 1. The van der Waals surface area contributed by atoms with Gasteiger partial charge in [0, 0.05) is 5.75 Å². The molecule has 13 heavy (non-hydrogen) atoms. The van der Waals surface area contributed by atoms with Crippen LogP contribution in [-0.2, 0) is 14.3 Å². The van der Waals surface area contributed by atoms with E-state index in [2.05, 4.69) is 4.74 Å². The smallest absolute Gasteiger partial charge is 0.321 e. The molecule has 0 aromatic carbocycles. The molecule has 3 N–H and O–H groups in total. The standard InChI is InChI=1S/C6H11NO4S2/c1-11-5(8)3-13-12-2-4(7)6(9)10/h4H,2-3,7H2,1H3,(H,9,10)/t4-/m0/s1. The highest BCUT2D eigenvalue weighted by atomic mass is 33.1. The molecule has 0 aliphatic heterocycles. The van der Waals surface area contributed by atoms with Gasteiger partial charge < -0.3 is 15.6 Å². The van der Waals surface area contributed by atoms with Crippen molar-refractivity contribution in [3.63, 3.8) is 0 Å². The maximum atomic E-state index is 10.6. The van der Waals surface area contributed by atoms with Crippen LogP contribution in [0.3, 0.4) is 0 Å². The van der Waals surface area contributed by atoms with Gasteiger partial charge in [-0.2, -0.15) is 0 Å². The molecule has 0 amide bonds. The Morgan fingerprint density at radius 1 is 1.54 bits per heavy atom. The van der Waals surface area contributed by atoms with Crippen LogP contribution in [-0.4, -0.2) is 41.7 Å². The molecule has 0 aromatic rings. The summed E-state index contributed by atoms with van der Waals surface area (Å²) in [5.41, 5.74) is 5.22. The first-order chi connectivity index (χ1) is 6.07. The maximum Gasteiger partial charge on any atom is 0.321 e. The lowest BCUT2D eigenvalue weighted by Crippen LogP contribution is -2.32. The first-order valence-corrected chi connectivity index (χ1v) is 5.86. The van der Waals surface area contributed by atoms with E-state index in [1.165, 1.54) is 28.7 Å². The summed E-state index contributed by atoms with van der Waals surface area (Å²) in [5.74, 6) is -0.891. The number of carbonyl (C=O) groups is 2. The van der Waals surface area contributed by atoms with E-state index in [0.717, 1.165) is 0 Å². The maximum absolute atomic E-state index is 10.6. The summed E-state index contributed by atoms with van der Waals surface area (Å²) in [4.78, 5) is 20.8. The number of aliphatic carboxylic acids is 1. The molecule has 5 nitrogen and oxygen atoms in total. The number of hydrogen-bond acceptors (Lipinski definition) is 6. The van der Waals surface area contributed by atoms with Gasteiger partial charge in [-0.25, -0.2) is 0 Å². The molecule has 0 aromatic heterocycles. The van der Waals surface area contributed by atoms with Crippen LogP contribution >= 0.6 is 21.6 Å². The Kier molecular flexibility index (Phi) is 6.83. The molecule has 0 saturated carbocycles. The van der Waals surface area contributed by atoms with Gasteiger partial charge in [0.05, 0.1) is 7.11 Å². The summed E-state index contributed by atoms with van der Waals surface area (Å²) in [5, 5.41) is 8.40. The van der Waals surface area contributed by atoms with Crippen molar-refractivity contribution in [1.29, 1.82) is 0 Å². The third-order valence-corrected chi connectivity index (χ3v) is 3.33. The molecule has 0 spiro atoms. The molecule has 0 aliphatic rings. The quantitative estimate of drug-likeness (QED) is 0.372. The van der Waals surface area contributed by atoms with Crippen LogP contribution in [0.15, 0.2) is 0 Å². The zero-order chi connectivity index (χ0) is 10.3. The lowest BCUT2D eigenvalue weighted by atomic mass is 10.4. The van der Waals surface area contributed by atoms with Crippen molar-refractivity contribution in [2.45, 2.75) is 6.04 Å². The Morgan fingerprint density at radius 3 is 2.62 bits per heavy atom. The molecule has 0 aliphatic carbocycles. The predicted molar refractivity (Wildman–Crippen MR) is 52.5 cm³/mol. The Balaban J connectivity index is 3.35. The van der Waals surface area contributed by atoms with Crippen LogP contribution in [0.5, 0.6) is 0 Å². The second-order valence-corrected chi connectivity index (χ2v) is 4.58. The number of nitrogens with two attached hydrogens (primary N) is 1. The molecule has 0 fully saturated rings. The van der Waals surface area contributed by atoms with Gasteiger partial charge in [-0.3, -0.25) is 9.59 Å². The van der Waals surface area contributed by atoms with E-state index in [-0.39, 0.29) is 17.5 Å². The molecule has 0 bridgehead atoms. The fourth-order valence-corrected chi connectivity index (χ4v) is 2.29. The van der Waals surface area contributed by atoms with Crippen LogP contribution in [0.4, 0.5) is 0 Å². The van der Waals surface area contributed by atoms with Crippen molar-refractivity contribution in [2.24, 2.45) is 5.73 Å². The minimum atomic E-state index is -1.04. The fourth-order valence-electron chi connectivity index (χ4n) is 0.341. The van der Waals surface area contributed by atoms with Crippen LogP contribution in [0.25, 0.3) is 0 Å². The van der Waals surface area contributed by atoms with Gasteiger partial charge in [0.15, 0.2) is 0 Å². The Bertz CT molecular complexity index is 187. The SMILES string of the molecule is COC(=O)CSSC[C@H](N)C(=O)O. The molecule has 0 saturated heterocycles. The summed E-state index contributed by atoms with van der Waals surface area (Å²) in [6, 6.07) is -0.879. The zero-order valence-corrected chi connectivity index (χ0v) is 8.69. The third-order valence-electron chi connectivity index (χ3n) is 1.05. The molecule has 1 atom stereocenters. The topological polar surface area (TPSA) is 89.6 Å². The highest BCUT2D eigenvalue weighted by molar-refractivity contribution is 8.76. The zero-order valence-electron chi connectivity index (χ0n) is 7.06. The van der Waals surface area contributed by atoms with Crippen molar-refractivity contribution < 1.29 is 19.4 Å². The molecular weight excluding hydrogens is 214 g/mol. The van der Waals surface area contributed by atoms with Crippen molar-refractivity contribution in [2.75, 3.05) is 18.6 Å². The Labute approximate surface area is 83.8 Å². The van der Waals surface area contributed by atoms with Crippen LogP contribution in [0.1, 0.15) is 0 Å². The number of hydrogen-bond donors (Lipinski definition) is 2. The summed E-state index contributed by atoms with van der Waals surface area (Å²) < 4.78 is 4.38. The number of esters is 1. The highest BCUT2D eigenvalue weighted by Crippen LogP contribution is 2.21. The van der Waals surface area contributed by atoms with Crippen LogP contribution in [0.2, 0.25) is 0 Å². The van der Waals surface area contributed by atoms with Gasteiger partial charge in [-0.15, -0.1) is 0 Å².